The van der Waals surface area contributed by atoms with Crippen LogP contribution in [0.4, 0.5) is 0 Å². The molecule has 4 atom stereocenters. The standard InChI is InChI=1S/C15H26/c1-6-11-7-12-8-13(11)15(10(4)5)14(12)9(2)3/h6,9-10,12-15H,7-8H2,1-5H3/b11-6+. The van der Waals surface area contributed by atoms with E-state index in [1.54, 1.807) is 5.57 Å². The summed E-state index contributed by atoms with van der Waals surface area (Å²) < 4.78 is 0. The first-order valence-corrected chi connectivity index (χ1v) is 6.71. The molecule has 0 spiro atoms. The fraction of sp³-hybridized carbons (Fsp3) is 0.867. The molecule has 2 bridgehead atoms. The molecule has 15 heavy (non-hydrogen) atoms. The van der Waals surface area contributed by atoms with E-state index in [1.165, 1.54) is 12.8 Å². The Morgan fingerprint density at radius 1 is 1.07 bits per heavy atom. The molecule has 0 heteroatoms. The minimum absolute atomic E-state index is 0.864. The molecule has 0 aromatic rings. The predicted molar refractivity (Wildman–Crippen MR) is 66.6 cm³/mol. The van der Waals surface area contributed by atoms with Gasteiger partial charge in [0, 0.05) is 0 Å². The molecule has 0 N–H and O–H groups in total. The number of fused-ring (bicyclic) bond motifs is 2. The van der Waals surface area contributed by atoms with Gasteiger partial charge in [-0.05, 0) is 55.3 Å². The smallest absolute Gasteiger partial charge is 0.0167 e. The van der Waals surface area contributed by atoms with Crippen molar-refractivity contribution in [2.75, 3.05) is 0 Å². The van der Waals surface area contributed by atoms with Crippen molar-refractivity contribution in [2.45, 2.75) is 47.5 Å². The summed E-state index contributed by atoms with van der Waals surface area (Å²) in [5.41, 5.74) is 1.77. The van der Waals surface area contributed by atoms with Gasteiger partial charge in [-0.15, -0.1) is 0 Å². The zero-order valence-electron chi connectivity index (χ0n) is 11.0. The Morgan fingerprint density at radius 3 is 2.13 bits per heavy atom. The first kappa shape index (κ1) is 11.2. The molecule has 2 aliphatic rings. The van der Waals surface area contributed by atoms with Crippen molar-refractivity contribution in [3.8, 4) is 0 Å². The van der Waals surface area contributed by atoms with Crippen LogP contribution in [0.25, 0.3) is 0 Å². The van der Waals surface area contributed by atoms with Crippen LogP contribution in [0.3, 0.4) is 0 Å². The van der Waals surface area contributed by atoms with E-state index in [-0.39, 0.29) is 0 Å². The number of allylic oxidation sites excluding steroid dienone is 2. The van der Waals surface area contributed by atoms with Crippen molar-refractivity contribution in [2.24, 2.45) is 35.5 Å². The average Bonchev–Trinajstić information content (AvgIpc) is 2.72. The molecule has 4 unspecified atom stereocenters. The second-order valence-electron chi connectivity index (χ2n) is 6.31. The minimum atomic E-state index is 0.864. The third-order valence-corrected chi connectivity index (χ3v) is 4.89. The number of hydrogen-bond donors (Lipinski definition) is 0. The maximum Gasteiger partial charge on any atom is -0.0167 e. The Bertz CT molecular complexity index is 259. The highest BCUT2D eigenvalue weighted by molar-refractivity contribution is 5.20. The minimum Gasteiger partial charge on any atom is -0.0882 e. The lowest BCUT2D eigenvalue weighted by molar-refractivity contribution is 0.150. The summed E-state index contributed by atoms with van der Waals surface area (Å²) in [6.45, 7) is 11.9. The molecule has 2 fully saturated rings. The second kappa shape index (κ2) is 3.96. The topological polar surface area (TPSA) is 0 Å². The van der Waals surface area contributed by atoms with Crippen LogP contribution in [-0.2, 0) is 0 Å². The van der Waals surface area contributed by atoms with Crippen LogP contribution in [0.1, 0.15) is 47.5 Å². The summed E-state index contributed by atoms with van der Waals surface area (Å²) in [4.78, 5) is 0. The fourth-order valence-electron chi connectivity index (χ4n) is 4.52. The summed E-state index contributed by atoms with van der Waals surface area (Å²) in [6.07, 6.45) is 5.30. The van der Waals surface area contributed by atoms with Crippen LogP contribution in [0.2, 0.25) is 0 Å². The molecule has 0 amide bonds. The van der Waals surface area contributed by atoms with Crippen molar-refractivity contribution in [3.63, 3.8) is 0 Å². The lowest BCUT2D eigenvalue weighted by Crippen LogP contribution is -2.31. The van der Waals surface area contributed by atoms with E-state index in [0.717, 1.165) is 35.5 Å². The van der Waals surface area contributed by atoms with Crippen LogP contribution in [0.15, 0.2) is 11.6 Å². The van der Waals surface area contributed by atoms with Gasteiger partial charge in [0.25, 0.3) is 0 Å². The highest BCUT2D eigenvalue weighted by Crippen LogP contribution is 2.59. The van der Waals surface area contributed by atoms with Crippen LogP contribution in [-0.4, -0.2) is 0 Å². The lowest BCUT2D eigenvalue weighted by Gasteiger charge is -2.37. The molecule has 0 nitrogen and oxygen atoms in total. The van der Waals surface area contributed by atoms with Crippen molar-refractivity contribution < 1.29 is 0 Å². The zero-order valence-corrected chi connectivity index (χ0v) is 11.0. The molecule has 2 rings (SSSR count). The SMILES string of the molecule is C/C=C1\CC2CC1C(C(C)C)C2C(C)C. The molecule has 0 aromatic carbocycles. The van der Waals surface area contributed by atoms with Gasteiger partial charge in [0.2, 0.25) is 0 Å². The Labute approximate surface area is 95.1 Å². The van der Waals surface area contributed by atoms with Crippen LogP contribution in [0.5, 0.6) is 0 Å². The van der Waals surface area contributed by atoms with E-state index in [2.05, 4.69) is 40.7 Å². The predicted octanol–water partition coefficient (Wildman–Crippen LogP) is 4.52. The third kappa shape index (κ3) is 1.66. The monoisotopic (exact) mass is 206 g/mol. The fourth-order valence-corrected chi connectivity index (χ4v) is 4.52. The molecule has 2 saturated carbocycles. The molecule has 86 valence electrons. The molecule has 2 aliphatic carbocycles. The third-order valence-electron chi connectivity index (χ3n) is 4.89. The maximum atomic E-state index is 2.43. The average molecular weight is 206 g/mol. The van der Waals surface area contributed by atoms with E-state index in [9.17, 15) is 0 Å². The van der Waals surface area contributed by atoms with Gasteiger partial charge < -0.3 is 0 Å². The molecular formula is C15H26. The van der Waals surface area contributed by atoms with Gasteiger partial charge in [-0.1, -0.05) is 39.3 Å². The Hall–Kier alpha value is -0.260. The molecule has 0 radical (unpaired) electrons. The lowest BCUT2D eigenvalue weighted by atomic mass is 9.67. The largest absolute Gasteiger partial charge is 0.0882 e. The van der Waals surface area contributed by atoms with Gasteiger partial charge in [-0.2, -0.15) is 0 Å². The molecule has 0 saturated heterocycles. The van der Waals surface area contributed by atoms with Gasteiger partial charge in [0.1, 0.15) is 0 Å². The molecular weight excluding hydrogens is 180 g/mol. The van der Waals surface area contributed by atoms with Crippen molar-refractivity contribution in [3.05, 3.63) is 11.6 Å². The number of hydrogen-bond acceptors (Lipinski definition) is 0. The van der Waals surface area contributed by atoms with E-state index in [0.29, 0.717) is 0 Å². The quantitative estimate of drug-likeness (QED) is 0.583. The zero-order chi connectivity index (χ0) is 11.2. The van der Waals surface area contributed by atoms with Gasteiger partial charge in [0.15, 0.2) is 0 Å². The van der Waals surface area contributed by atoms with E-state index in [4.69, 9.17) is 0 Å². The summed E-state index contributed by atoms with van der Waals surface area (Å²) in [6, 6.07) is 0. The van der Waals surface area contributed by atoms with E-state index in [1.807, 2.05) is 0 Å². The Balaban J connectivity index is 2.25. The van der Waals surface area contributed by atoms with Crippen LogP contribution >= 0.6 is 0 Å². The van der Waals surface area contributed by atoms with Gasteiger partial charge in [-0.3, -0.25) is 0 Å². The summed E-state index contributed by atoms with van der Waals surface area (Å²) in [7, 11) is 0. The Kier molecular flexibility index (Phi) is 2.96. The van der Waals surface area contributed by atoms with Crippen molar-refractivity contribution in [1.29, 1.82) is 0 Å². The molecule has 0 aromatic heterocycles. The van der Waals surface area contributed by atoms with Crippen LogP contribution < -0.4 is 0 Å². The maximum absolute atomic E-state index is 2.43. The van der Waals surface area contributed by atoms with E-state index < -0.39 is 0 Å². The highest BCUT2D eigenvalue weighted by atomic mass is 14.6. The first-order valence-electron chi connectivity index (χ1n) is 6.71. The van der Waals surface area contributed by atoms with Crippen molar-refractivity contribution >= 4 is 0 Å². The second-order valence-corrected chi connectivity index (χ2v) is 6.31. The van der Waals surface area contributed by atoms with E-state index >= 15 is 0 Å². The van der Waals surface area contributed by atoms with Crippen LogP contribution in [0, 0.1) is 35.5 Å². The van der Waals surface area contributed by atoms with Crippen molar-refractivity contribution in [1.82, 2.24) is 0 Å². The summed E-state index contributed by atoms with van der Waals surface area (Å²) in [5, 5.41) is 0. The molecule has 0 aliphatic heterocycles. The summed E-state index contributed by atoms with van der Waals surface area (Å²) >= 11 is 0. The van der Waals surface area contributed by atoms with Gasteiger partial charge in [0.05, 0.1) is 0 Å². The first-order chi connectivity index (χ1) is 7.06. The van der Waals surface area contributed by atoms with Gasteiger partial charge in [-0.25, -0.2) is 0 Å². The molecule has 0 heterocycles. The summed E-state index contributed by atoms with van der Waals surface area (Å²) in [5.74, 6) is 5.66. The number of rotatable bonds is 2. The van der Waals surface area contributed by atoms with Gasteiger partial charge >= 0.3 is 0 Å². The Morgan fingerprint density at radius 2 is 1.67 bits per heavy atom. The highest BCUT2D eigenvalue weighted by Gasteiger charge is 2.51. The normalized spacial score (nSPS) is 42.5.